The molecule has 0 bridgehead atoms. The molecule has 1 aliphatic heterocycles. The minimum Gasteiger partial charge on any atom is -0.463 e. The molecule has 9 heteroatoms. The number of rotatable bonds is 4. The molecule has 0 radical (unpaired) electrons. The van der Waals surface area contributed by atoms with Gasteiger partial charge in [-0.2, -0.15) is 5.10 Å². The van der Waals surface area contributed by atoms with Crippen LogP contribution in [0.4, 0.5) is 14.5 Å². The third-order valence-corrected chi connectivity index (χ3v) is 6.51. The van der Waals surface area contributed by atoms with Crippen LogP contribution in [-0.4, -0.2) is 33.2 Å². The average Bonchev–Trinajstić information content (AvgIpc) is 3.46. The van der Waals surface area contributed by atoms with Crippen LogP contribution < -0.4 is 10.2 Å². The van der Waals surface area contributed by atoms with Gasteiger partial charge in [0.25, 0.3) is 5.91 Å². The van der Waals surface area contributed by atoms with Crippen molar-refractivity contribution in [1.29, 1.82) is 0 Å². The van der Waals surface area contributed by atoms with Crippen molar-refractivity contribution in [2.45, 2.75) is 57.2 Å². The van der Waals surface area contributed by atoms with E-state index in [0.717, 1.165) is 43.1 Å². The normalized spacial score (nSPS) is 21.2. The number of amides is 2. The molecule has 1 atom stereocenters. The smallest absolute Gasteiger partial charge is 0.277 e. The Balaban J connectivity index is 1.58. The molecule has 5 rings (SSSR count). The van der Waals surface area contributed by atoms with Crippen molar-refractivity contribution in [3.63, 3.8) is 0 Å². The van der Waals surface area contributed by atoms with Gasteiger partial charge in [-0.3, -0.25) is 19.2 Å². The Labute approximate surface area is 189 Å². The van der Waals surface area contributed by atoms with Crippen molar-refractivity contribution in [2.24, 2.45) is 0 Å². The molecule has 33 heavy (non-hydrogen) atoms. The molecule has 3 aromatic rings. The van der Waals surface area contributed by atoms with Gasteiger partial charge in [0, 0.05) is 18.2 Å². The Kier molecular flexibility index (Phi) is 5.26. The first-order chi connectivity index (χ1) is 15.9. The van der Waals surface area contributed by atoms with Crippen LogP contribution in [-0.2, 0) is 11.3 Å². The number of furan rings is 1. The van der Waals surface area contributed by atoms with Crippen molar-refractivity contribution < 1.29 is 22.8 Å². The van der Waals surface area contributed by atoms with Gasteiger partial charge in [-0.05, 0) is 44.0 Å². The fourth-order valence-electron chi connectivity index (χ4n) is 4.75. The van der Waals surface area contributed by atoms with E-state index in [1.54, 1.807) is 25.1 Å². The number of anilines is 1. The van der Waals surface area contributed by atoms with Crippen LogP contribution in [0, 0.1) is 11.6 Å². The summed E-state index contributed by atoms with van der Waals surface area (Å²) in [5.74, 6) is -2.21. The van der Waals surface area contributed by atoms with E-state index < -0.39 is 29.0 Å². The lowest BCUT2D eigenvalue weighted by molar-refractivity contribution is -0.127. The highest BCUT2D eigenvalue weighted by Gasteiger charge is 2.50. The number of hydrogen-bond acceptors (Lipinski definition) is 4. The summed E-state index contributed by atoms with van der Waals surface area (Å²) in [5, 5.41) is 7.53. The highest BCUT2D eigenvalue weighted by molar-refractivity contribution is 6.12. The standard InChI is InChI=1S/C24H24F2N4O3/c1-24(23(32)27-16-6-3-2-4-7-16)14-29-20(13-18(28-29)21-8-5-11-33-21)22(31)30(24)19-10-9-15(25)12-17(19)26/h5,8-13,16H,2-4,6-7,14H2,1H3,(H,27,32). The molecule has 1 aromatic carbocycles. The minimum absolute atomic E-state index is 0.00390. The van der Waals surface area contributed by atoms with Gasteiger partial charge in [-0.1, -0.05) is 19.3 Å². The summed E-state index contributed by atoms with van der Waals surface area (Å²) >= 11 is 0. The van der Waals surface area contributed by atoms with Crippen LogP contribution in [0.2, 0.25) is 0 Å². The monoisotopic (exact) mass is 454 g/mol. The fraction of sp³-hybridized carbons (Fsp3) is 0.375. The molecular weight excluding hydrogens is 430 g/mol. The van der Waals surface area contributed by atoms with Gasteiger partial charge in [0.15, 0.2) is 5.76 Å². The number of nitrogens with zero attached hydrogens (tertiary/aromatic N) is 3. The zero-order valence-electron chi connectivity index (χ0n) is 18.2. The Morgan fingerprint density at radius 3 is 2.67 bits per heavy atom. The number of carbonyl (C=O) groups is 2. The van der Waals surface area contributed by atoms with E-state index in [1.165, 1.54) is 17.0 Å². The highest BCUT2D eigenvalue weighted by Crippen LogP contribution is 2.36. The van der Waals surface area contributed by atoms with Crippen molar-refractivity contribution in [2.75, 3.05) is 4.90 Å². The van der Waals surface area contributed by atoms with E-state index in [9.17, 15) is 18.4 Å². The minimum atomic E-state index is -1.48. The molecule has 2 aliphatic rings. The van der Waals surface area contributed by atoms with Gasteiger partial charge >= 0.3 is 0 Å². The van der Waals surface area contributed by atoms with Crippen LogP contribution >= 0.6 is 0 Å². The van der Waals surface area contributed by atoms with Crippen LogP contribution in [0.25, 0.3) is 11.5 Å². The van der Waals surface area contributed by atoms with Crippen LogP contribution in [0.5, 0.6) is 0 Å². The SMILES string of the molecule is CC1(C(=O)NC2CCCCC2)Cn2nc(-c3ccco3)cc2C(=O)N1c1ccc(F)cc1F. The number of aromatic nitrogens is 2. The first-order valence-corrected chi connectivity index (χ1v) is 11.1. The lowest BCUT2D eigenvalue weighted by Gasteiger charge is -2.44. The molecule has 3 heterocycles. The quantitative estimate of drug-likeness (QED) is 0.638. The number of halogens is 2. The summed E-state index contributed by atoms with van der Waals surface area (Å²) in [4.78, 5) is 28.4. The molecule has 2 aromatic heterocycles. The summed E-state index contributed by atoms with van der Waals surface area (Å²) in [6.45, 7) is 1.59. The number of benzene rings is 1. The Morgan fingerprint density at radius 1 is 1.18 bits per heavy atom. The average molecular weight is 454 g/mol. The zero-order valence-corrected chi connectivity index (χ0v) is 18.2. The molecule has 7 nitrogen and oxygen atoms in total. The van der Waals surface area contributed by atoms with Crippen molar-refractivity contribution in [1.82, 2.24) is 15.1 Å². The molecule has 1 fully saturated rings. The van der Waals surface area contributed by atoms with Gasteiger partial charge in [0.2, 0.25) is 5.91 Å². The maximum Gasteiger partial charge on any atom is 0.277 e. The molecule has 172 valence electrons. The second kappa shape index (κ2) is 8.13. The molecule has 1 saturated carbocycles. The predicted octanol–water partition coefficient (Wildman–Crippen LogP) is 4.29. The van der Waals surface area contributed by atoms with Gasteiger partial charge in [-0.15, -0.1) is 0 Å². The Bertz CT molecular complexity index is 1200. The van der Waals surface area contributed by atoms with Gasteiger partial charge in [0.05, 0.1) is 18.5 Å². The van der Waals surface area contributed by atoms with Crippen LogP contribution in [0.3, 0.4) is 0 Å². The van der Waals surface area contributed by atoms with Gasteiger partial charge < -0.3 is 9.73 Å². The van der Waals surface area contributed by atoms with Gasteiger partial charge in [0.1, 0.15) is 28.6 Å². The second-order valence-corrected chi connectivity index (χ2v) is 8.87. The van der Waals surface area contributed by atoms with Crippen LogP contribution in [0.15, 0.2) is 47.1 Å². The lowest BCUT2D eigenvalue weighted by Crippen LogP contribution is -2.65. The second-order valence-electron chi connectivity index (χ2n) is 8.87. The van der Waals surface area contributed by atoms with E-state index >= 15 is 0 Å². The Hall–Kier alpha value is -3.49. The molecule has 1 aliphatic carbocycles. The molecule has 0 spiro atoms. The maximum absolute atomic E-state index is 14.9. The van der Waals surface area contributed by atoms with Crippen LogP contribution in [0.1, 0.15) is 49.5 Å². The summed E-state index contributed by atoms with van der Waals surface area (Å²) < 4.78 is 35.4. The zero-order chi connectivity index (χ0) is 23.2. The first-order valence-electron chi connectivity index (χ1n) is 11.1. The van der Waals surface area contributed by atoms with E-state index in [2.05, 4.69) is 10.4 Å². The fourth-order valence-corrected chi connectivity index (χ4v) is 4.75. The number of hydrogen-bond donors (Lipinski definition) is 1. The van der Waals surface area contributed by atoms with E-state index in [0.29, 0.717) is 17.5 Å². The maximum atomic E-state index is 14.9. The van der Waals surface area contributed by atoms with E-state index in [4.69, 9.17) is 4.42 Å². The summed E-state index contributed by atoms with van der Waals surface area (Å²) in [5.41, 5.74) is -1.02. The van der Waals surface area contributed by atoms with Crippen molar-refractivity contribution in [3.8, 4) is 11.5 Å². The summed E-state index contributed by atoms with van der Waals surface area (Å²) in [6, 6.07) is 7.94. The van der Waals surface area contributed by atoms with E-state index in [-0.39, 0.29) is 24.0 Å². The number of carbonyl (C=O) groups excluding carboxylic acids is 2. The largest absolute Gasteiger partial charge is 0.463 e. The van der Waals surface area contributed by atoms with Crippen molar-refractivity contribution >= 4 is 17.5 Å². The lowest BCUT2D eigenvalue weighted by atomic mass is 9.91. The number of fused-ring (bicyclic) bond motifs is 1. The third-order valence-electron chi connectivity index (χ3n) is 6.51. The van der Waals surface area contributed by atoms with Gasteiger partial charge in [-0.25, -0.2) is 8.78 Å². The van der Waals surface area contributed by atoms with E-state index in [1.807, 2.05) is 0 Å². The molecule has 1 unspecified atom stereocenters. The molecular formula is C24H24F2N4O3. The third kappa shape index (κ3) is 3.71. The number of nitrogens with one attached hydrogen (secondary N) is 1. The Morgan fingerprint density at radius 2 is 1.97 bits per heavy atom. The molecule has 0 saturated heterocycles. The first kappa shape index (κ1) is 21.4. The summed E-state index contributed by atoms with van der Waals surface area (Å²) in [7, 11) is 0. The van der Waals surface area contributed by atoms with Crippen molar-refractivity contribution in [3.05, 3.63) is 60.0 Å². The summed E-state index contributed by atoms with van der Waals surface area (Å²) in [6.07, 6.45) is 6.38. The highest BCUT2D eigenvalue weighted by atomic mass is 19.1. The predicted molar refractivity (Wildman–Crippen MR) is 117 cm³/mol. The topological polar surface area (TPSA) is 80.4 Å². The molecule has 2 amide bonds. The molecule has 1 N–H and O–H groups in total.